The third-order valence-corrected chi connectivity index (χ3v) is 5.08. The van der Waals surface area contributed by atoms with Crippen molar-refractivity contribution in [2.45, 2.75) is 24.8 Å². The summed E-state index contributed by atoms with van der Waals surface area (Å²) in [5.74, 6) is -0.221. The molecule has 1 aromatic rings. The molecule has 0 fully saturated rings. The van der Waals surface area contributed by atoms with Gasteiger partial charge in [0, 0.05) is 12.6 Å². The largest absolute Gasteiger partial charge is 0.496 e. The number of nitrogens with two attached hydrogens (primary N) is 1. The zero-order valence-corrected chi connectivity index (χ0v) is 15.0. The Hall–Kier alpha value is -1.64. The van der Waals surface area contributed by atoms with Crippen LogP contribution in [0.1, 0.15) is 24.2 Å². The first-order valence-electron chi connectivity index (χ1n) is 7.24. The predicted molar refractivity (Wildman–Crippen MR) is 89.0 cm³/mol. The molecule has 23 heavy (non-hydrogen) atoms. The van der Waals surface area contributed by atoms with Gasteiger partial charge in [-0.2, -0.15) is 0 Å². The molecule has 0 spiro atoms. The van der Waals surface area contributed by atoms with E-state index in [1.807, 2.05) is 32.8 Å². The number of amides is 1. The Morgan fingerprint density at radius 2 is 1.96 bits per heavy atom. The number of methoxy groups -OCH3 is 1. The van der Waals surface area contributed by atoms with Crippen molar-refractivity contribution in [1.82, 2.24) is 9.62 Å². The minimum absolute atomic E-state index is 0.0200. The molecule has 1 aromatic carbocycles. The SMILES string of the molecule is COc1ccc(S(=O)(=O)NCC(C(C)C)N(C)C)cc1C(N)=O. The van der Waals surface area contributed by atoms with Crippen LogP contribution in [-0.4, -0.2) is 53.0 Å². The van der Waals surface area contributed by atoms with Gasteiger partial charge in [-0.1, -0.05) is 13.8 Å². The molecular weight excluding hydrogens is 318 g/mol. The fourth-order valence-electron chi connectivity index (χ4n) is 2.34. The van der Waals surface area contributed by atoms with Crippen LogP contribution in [0.15, 0.2) is 23.1 Å². The van der Waals surface area contributed by atoms with Crippen molar-refractivity contribution in [3.8, 4) is 5.75 Å². The summed E-state index contributed by atoms with van der Waals surface area (Å²) in [5.41, 5.74) is 5.29. The lowest BCUT2D eigenvalue weighted by Crippen LogP contribution is -2.43. The van der Waals surface area contributed by atoms with Crippen LogP contribution in [0, 0.1) is 5.92 Å². The molecule has 0 aliphatic carbocycles. The van der Waals surface area contributed by atoms with Gasteiger partial charge in [-0.05, 0) is 38.2 Å². The standard InChI is InChI=1S/C15H25N3O4S/c1-10(2)13(18(3)4)9-17-23(20,21)11-6-7-14(22-5)12(8-11)15(16)19/h6-8,10,13,17H,9H2,1-5H3,(H2,16,19). The summed E-state index contributed by atoms with van der Waals surface area (Å²) in [6.07, 6.45) is 0. The molecular formula is C15H25N3O4S. The second kappa shape index (κ2) is 7.76. The number of nitrogens with zero attached hydrogens (tertiary/aromatic N) is 1. The van der Waals surface area contributed by atoms with Gasteiger partial charge in [0.15, 0.2) is 0 Å². The van der Waals surface area contributed by atoms with Crippen LogP contribution in [0.25, 0.3) is 0 Å². The van der Waals surface area contributed by atoms with Gasteiger partial charge in [-0.25, -0.2) is 13.1 Å². The van der Waals surface area contributed by atoms with Crippen LogP contribution in [0.5, 0.6) is 5.75 Å². The molecule has 7 nitrogen and oxygen atoms in total. The van der Waals surface area contributed by atoms with Crippen LogP contribution in [0.2, 0.25) is 0 Å². The van der Waals surface area contributed by atoms with Crippen LogP contribution in [0.4, 0.5) is 0 Å². The summed E-state index contributed by atoms with van der Waals surface area (Å²) in [6, 6.07) is 4.08. The fourth-order valence-corrected chi connectivity index (χ4v) is 3.42. The number of primary amides is 1. The van der Waals surface area contributed by atoms with Gasteiger partial charge < -0.3 is 15.4 Å². The molecule has 1 unspecified atom stereocenters. The molecule has 0 aliphatic rings. The summed E-state index contributed by atoms with van der Waals surface area (Å²) in [6.45, 7) is 4.32. The summed E-state index contributed by atoms with van der Waals surface area (Å²) in [7, 11) is 1.44. The molecule has 0 radical (unpaired) electrons. The number of nitrogens with one attached hydrogen (secondary N) is 1. The summed E-state index contributed by atoms with van der Waals surface area (Å²) in [4.78, 5) is 13.4. The Labute approximate surface area is 137 Å². The monoisotopic (exact) mass is 343 g/mol. The number of benzene rings is 1. The van der Waals surface area contributed by atoms with Crippen molar-refractivity contribution in [3.63, 3.8) is 0 Å². The highest BCUT2D eigenvalue weighted by atomic mass is 32.2. The van der Waals surface area contributed by atoms with E-state index in [1.54, 1.807) is 0 Å². The molecule has 1 amide bonds. The van der Waals surface area contributed by atoms with Gasteiger partial charge >= 0.3 is 0 Å². The maximum Gasteiger partial charge on any atom is 0.252 e. The van der Waals surface area contributed by atoms with E-state index in [9.17, 15) is 13.2 Å². The predicted octanol–water partition coefficient (Wildman–Crippen LogP) is 0.659. The van der Waals surface area contributed by atoms with Gasteiger partial charge in [0.1, 0.15) is 5.75 Å². The highest BCUT2D eigenvalue weighted by Crippen LogP contribution is 2.22. The Kier molecular flexibility index (Phi) is 6.55. The van der Waals surface area contributed by atoms with E-state index in [0.29, 0.717) is 0 Å². The molecule has 130 valence electrons. The highest BCUT2D eigenvalue weighted by Gasteiger charge is 2.22. The van der Waals surface area contributed by atoms with Gasteiger partial charge in [0.05, 0.1) is 17.6 Å². The zero-order valence-electron chi connectivity index (χ0n) is 14.2. The Bertz CT molecular complexity index is 649. The normalized spacial score (nSPS) is 13.3. The van der Waals surface area contributed by atoms with E-state index in [1.165, 1.54) is 25.3 Å². The fraction of sp³-hybridized carbons (Fsp3) is 0.533. The van der Waals surface area contributed by atoms with Crippen molar-refractivity contribution < 1.29 is 17.9 Å². The van der Waals surface area contributed by atoms with Crippen molar-refractivity contribution in [1.29, 1.82) is 0 Å². The Morgan fingerprint density at radius 1 is 1.35 bits per heavy atom. The third kappa shape index (κ3) is 4.92. The molecule has 0 saturated carbocycles. The lowest BCUT2D eigenvalue weighted by Gasteiger charge is -2.28. The van der Waals surface area contributed by atoms with Crippen molar-refractivity contribution in [3.05, 3.63) is 23.8 Å². The molecule has 1 atom stereocenters. The molecule has 0 aromatic heterocycles. The number of ether oxygens (including phenoxy) is 1. The highest BCUT2D eigenvalue weighted by molar-refractivity contribution is 7.89. The Balaban J connectivity index is 3.05. The number of rotatable bonds is 8. The first-order valence-corrected chi connectivity index (χ1v) is 8.72. The maximum atomic E-state index is 12.4. The third-order valence-electron chi connectivity index (χ3n) is 3.66. The van der Waals surface area contributed by atoms with E-state index >= 15 is 0 Å². The second-order valence-electron chi connectivity index (χ2n) is 5.85. The van der Waals surface area contributed by atoms with Crippen molar-refractivity contribution >= 4 is 15.9 Å². The minimum atomic E-state index is -3.74. The lowest BCUT2D eigenvalue weighted by atomic mass is 10.0. The number of likely N-dealkylation sites (N-methyl/N-ethyl adjacent to an activating group) is 1. The number of carbonyl (C=O) groups is 1. The van der Waals surface area contributed by atoms with E-state index in [4.69, 9.17) is 10.5 Å². The molecule has 0 heterocycles. The summed E-state index contributed by atoms with van der Waals surface area (Å²) >= 11 is 0. The number of carbonyl (C=O) groups excluding carboxylic acids is 1. The average molecular weight is 343 g/mol. The molecule has 3 N–H and O–H groups in total. The van der Waals surface area contributed by atoms with Crippen LogP contribution in [-0.2, 0) is 10.0 Å². The van der Waals surface area contributed by atoms with E-state index < -0.39 is 15.9 Å². The van der Waals surface area contributed by atoms with Gasteiger partial charge in [0.25, 0.3) is 5.91 Å². The van der Waals surface area contributed by atoms with Crippen LogP contribution < -0.4 is 15.2 Å². The molecule has 0 aliphatic heterocycles. The summed E-state index contributed by atoms with van der Waals surface area (Å²) < 4.78 is 32.5. The van der Waals surface area contributed by atoms with E-state index in [2.05, 4.69) is 4.72 Å². The van der Waals surface area contributed by atoms with Gasteiger partial charge in [0.2, 0.25) is 10.0 Å². The smallest absolute Gasteiger partial charge is 0.252 e. The second-order valence-corrected chi connectivity index (χ2v) is 7.62. The minimum Gasteiger partial charge on any atom is -0.496 e. The zero-order chi connectivity index (χ0) is 17.8. The van der Waals surface area contributed by atoms with Crippen molar-refractivity contribution in [2.75, 3.05) is 27.7 Å². The van der Waals surface area contributed by atoms with Gasteiger partial charge in [-0.15, -0.1) is 0 Å². The van der Waals surface area contributed by atoms with Crippen molar-refractivity contribution in [2.24, 2.45) is 11.7 Å². The number of sulfonamides is 1. The number of hydrogen-bond acceptors (Lipinski definition) is 5. The topological polar surface area (TPSA) is 102 Å². The molecule has 0 saturated heterocycles. The molecule has 0 bridgehead atoms. The maximum absolute atomic E-state index is 12.4. The summed E-state index contributed by atoms with van der Waals surface area (Å²) in [5, 5.41) is 0. The lowest BCUT2D eigenvalue weighted by molar-refractivity contribution is 0.0997. The van der Waals surface area contributed by atoms with E-state index in [-0.39, 0.29) is 34.7 Å². The van der Waals surface area contributed by atoms with Crippen LogP contribution in [0.3, 0.4) is 0 Å². The van der Waals surface area contributed by atoms with Crippen LogP contribution >= 0.6 is 0 Å². The van der Waals surface area contributed by atoms with Gasteiger partial charge in [-0.3, -0.25) is 4.79 Å². The quantitative estimate of drug-likeness (QED) is 0.722. The first kappa shape index (κ1) is 19.4. The molecule has 8 heteroatoms. The average Bonchev–Trinajstić information content (AvgIpc) is 2.45. The number of hydrogen-bond donors (Lipinski definition) is 2. The Morgan fingerprint density at radius 3 is 2.39 bits per heavy atom. The first-order chi connectivity index (χ1) is 10.6. The van der Waals surface area contributed by atoms with E-state index in [0.717, 1.165) is 0 Å². The molecule has 1 rings (SSSR count).